The van der Waals surface area contributed by atoms with Gasteiger partial charge in [0.2, 0.25) is 11.9 Å². The van der Waals surface area contributed by atoms with Crippen LogP contribution in [0.25, 0.3) is 0 Å². The van der Waals surface area contributed by atoms with Gasteiger partial charge >= 0.3 is 0 Å². The number of hydrogen-bond acceptors (Lipinski definition) is 2. The first-order valence-electron chi connectivity index (χ1n) is 3.91. The molecular weight excluding hydrogens is 169 g/mol. The van der Waals surface area contributed by atoms with Crippen molar-refractivity contribution in [1.82, 2.24) is 0 Å². The van der Waals surface area contributed by atoms with E-state index in [1.165, 1.54) is 13.0 Å². The highest BCUT2D eigenvalue weighted by atomic mass is 19.1. The summed E-state index contributed by atoms with van der Waals surface area (Å²) in [5.41, 5.74) is 1.30. The van der Waals surface area contributed by atoms with Gasteiger partial charge in [-0.3, -0.25) is 0 Å². The highest BCUT2D eigenvalue weighted by molar-refractivity contribution is 5.37. The van der Waals surface area contributed by atoms with E-state index in [4.69, 9.17) is 0 Å². The molecule has 2 nitrogen and oxygen atoms in total. The van der Waals surface area contributed by atoms with Crippen LogP contribution in [0, 0.1) is 6.92 Å². The van der Waals surface area contributed by atoms with Crippen LogP contribution >= 0.6 is 0 Å². The maximum atomic E-state index is 13.6. The molecule has 3 heteroatoms. The van der Waals surface area contributed by atoms with E-state index in [0.29, 0.717) is 5.56 Å². The maximum absolute atomic E-state index is 13.6. The number of nitrogens with zero attached hydrogens (tertiary/aromatic N) is 1. The smallest absolute Gasteiger partial charge is 0.212 e. The van der Waals surface area contributed by atoms with Gasteiger partial charge in [0.15, 0.2) is 0 Å². The van der Waals surface area contributed by atoms with Crippen molar-refractivity contribution in [2.45, 2.75) is 19.6 Å². The number of aliphatic imine (C=N–C) groups is 1. The summed E-state index contributed by atoms with van der Waals surface area (Å²) in [5.74, 6) is -1.96. The number of aryl methyl sites for hydroxylation is 1. The van der Waals surface area contributed by atoms with Crippen LogP contribution in [0.4, 0.5) is 4.39 Å². The van der Waals surface area contributed by atoms with E-state index in [1.54, 1.807) is 18.2 Å². The molecule has 0 N–H and O–H groups in total. The monoisotopic (exact) mass is 179 g/mol. The van der Waals surface area contributed by atoms with Gasteiger partial charge in [0.25, 0.3) is 0 Å². The predicted molar refractivity (Wildman–Crippen MR) is 47.8 cm³/mol. The Morgan fingerprint density at radius 1 is 1.54 bits per heavy atom. The number of carbonyl (C=O) groups excluding carboxylic acids is 1. The Bertz CT molecular complexity index is 354. The van der Waals surface area contributed by atoms with Crippen LogP contribution in [0.5, 0.6) is 0 Å². The second-order valence-electron chi connectivity index (χ2n) is 3.03. The van der Waals surface area contributed by atoms with Crippen LogP contribution in [0.3, 0.4) is 0 Å². The molecule has 0 aliphatic rings. The number of rotatable bonds is 2. The second-order valence-corrected chi connectivity index (χ2v) is 3.03. The van der Waals surface area contributed by atoms with Crippen molar-refractivity contribution >= 4 is 6.08 Å². The first kappa shape index (κ1) is 9.62. The average Bonchev–Trinajstić information content (AvgIpc) is 2.04. The van der Waals surface area contributed by atoms with E-state index in [1.807, 2.05) is 13.0 Å². The zero-order valence-corrected chi connectivity index (χ0v) is 7.54. The molecule has 0 radical (unpaired) electrons. The first-order valence-corrected chi connectivity index (χ1v) is 3.91. The van der Waals surface area contributed by atoms with Crippen molar-refractivity contribution in [1.29, 1.82) is 0 Å². The molecule has 0 aliphatic carbocycles. The van der Waals surface area contributed by atoms with Crippen molar-refractivity contribution in [2.75, 3.05) is 0 Å². The molecule has 1 unspecified atom stereocenters. The minimum atomic E-state index is -1.96. The van der Waals surface area contributed by atoms with E-state index in [2.05, 4.69) is 4.99 Å². The van der Waals surface area contributed by atoms with Crippen molar-refractivity contribution in [3.8, 4) is 0 Å². The molecule has 0 saturated heterocycles. The third kappa shape index (κ3) is 2.23. The van der Waals surface area contributed by atoms with Gasteiger partial charge in [0, 0.05) is 5.56 Å². The van der Waals surface area contributed by atoms with Crippen molar-refractivity contribution < 1.29 is 9.18 Å². The molecule has 0 saturated carbocycles. The van der Waals surface area contributed by atoms with Crippen LogP contribution < -0.4 is 0 Å². The highest BCUT2D eigenvalue weighted by Crippen LogP contribution is 2.26. The number of benzene rings is 1. The molecule has 0 aliphatic heterocycles. The summed E-state index contributed by atoms with van der Waals surface area (Å²) in [7, 11) is 0. The average molecular weight is 179 g/mol. The summed E-state index contributed by atoms with van der Waals surface area (Å²) in [4.78, 5) is 13.0. The Morgan fingerprint density at radius 2 is 2.23 bits per heavy atom. The number of alkyl halides is 1. The van der Waals surface area contributed by atoms with Gasteiger partial charge in [-0.25, -0.2) is 9.18 Å². The summed E-state index contributed by atoms with van der Waals surface area (Å²) >= 11 is 0. The largest absolute Gasteiger partial charge is 0.238 e. The standard InChI is InChI=1S/C10H10FNO/c1-8-4-3-5-9(6-8)10(2,11)12-7-13/h3-6H,1-2H3. The fraction of sp³-hybridized carbons (Fsp3) is 0.300. The fourth-order valence-electron chi connectivity index (χ4n) is 1.08. The third-order valence-corrected chi connectivity index (χ3v) is 1.80. The Balaban J connectivity index is 3.13. The number of halogens is 1. The van der Waals surface area contributed by atoms with E-state index in [9.17, 15) is 9.18 Å². The molecule has 1 rings (SSSR count). The van der Waals surface area contributed by atoms with Gasteiger partial charge in [0.1, 0.15) is 0 Å². The van der Waals surface area contributed by atoms with Gasteiger partial charge in [-0.05, 0) is 13.8 Å². The number of hydrogen-bond donors (Lipinski definition) is 0. The molecule has 68 valence electrons. The lowest BCUT2D eigenvalue weighted by Gasteiger charge is -2.13. The minimum Gasteiger partial charge on any atom is -0.212 e. The molecule has 0 bridgehead atoms. The van der Waals surface area contributed by atoms with Crippen LogP contribution in [0.1, 0.15) is 18.1 Å². The Hall–Kier alpha value is -1.47. The zero-order valence-electron chi connectivity index (χ0n) is 7.54. The molecule has 13 heavy (non-hydrogen) atoms. The Labute approximate surface area is 76.1 Å². The van der Waals surface area contributed by atoms with E-state index < -0.39 is 5.79 Å². The maximum Gasteiger partial charge on any atom is 0.238 e. The molecule has 1 aromatic rings. The summed E-state index contributed by atoms with van der Waals surface area (Å²) in [6.45, 7) is 3.08. The van der Waals surface area contributed by atoms with E-state index in [-0.39, 0.29) is 0 Å². The lowest BCUT2D eigenvalue weighted by Crippen LogP contribution is -2.11. The molecule has 0 heterocycles. The highest BCUT2D eigenvalue weighted by Gasteiger charge is 2.24. The van der Waals surface area contributed by atoms with Crippen molar-refractivity contribution in [3.05, 3.63) is 35.4 Å². The molecule has 0 aromatic heterocycles. The van der Waals surface area contributed by atoms with E-state index in [0.717, 1.165) is 5.56 Å². The van der Waals surface area contributed by atoms with Crippen molar-refractivity contribution in [3.63, 3.8) is 0 Å². The lowest BCUT2D eigenvalue weighted by atomic mass is 10.0. The lowest BCUT2D eigenvalue weighted by molar-refractivity contribution is 0.206. The van der Waals surface area contributed by atoms with Crippen LogP contribution in [-0.2, 0) is 10.6 Å². The summed E-state index contributed by atoms with van der Waals surface area (Å²) in [6, 6.07) is 6.82. The molecular formula is C10H10FNO. The quantitative estimate of drug-likeness (QED) is 0.389. The summed E-state index contributed by atoms with van der Waals surface area (Å²) in [5, 5.41) is 0. The normalized spacial score (nSPS) is 14.4. The van der Waals surface area contributed by atoms with Gasteiger partial charge in [-0.15, -0.1) is 0 Å². The van der Waals surface area contributed by atoms with Crippen LogP contribution in [0.15, 0.2) is 29.3 Å². The van der Waals surface area contributed by atoms with Gasteiger partial charge in [0.05, 0.1) is 0 Å². The minimum absolute atomic E-state index is 0.371. The zero-order chi connectivity index (χ0) is 9.90. The third-order valence-electron chi connectivity index (χ3n) is 1.80. The first-order chi connectivity index (χ1) is 6.06. The topological polar surface area (TPSA) is 29.4 Å². The van der Waals surface area contributed by atoms with E-state index >= 15 is 0 Å². The molecule has 1 aromatic carbocycles. The second kappa shape index (κ2) is 3.50. The SMILES string of the molecule is Cc1cccc(C(C)(F)N=C=O)c1. The number of isocyanates is 1. The molecule has 0 amide bonds. The Kier molecular flexibility index (Phi) is 2.59. The molecule has 1 atom stereocenters. The van der Waals surface area contributed by atoms with Crippen LogP contribution in [0.2, 0.25) is 0 Å². The Morgan fingerprint density at radius 3 is 2.77 bits per heavy atom. The molecule has 0 fully saturated rings. The molecule has 0 spiro atoms. The van der Waals surface area contributed by atoms with Crippen LogP contribution in [-0.4, -0.2) is 6.08 Å². The van der Waals surface area contributed by atoms with Gasteiger partial charge in [-0.1, -0.05) is 29.8 Å². The summed E-state index contributed by atoms with van der Waals surface area (Å²) in [6.07, 6.45) is 1.23. The van der Waals surface area contributed by atoms with Gasteiger partial charge < -0.3 is 0 Å². The fourth-order valence-corrected chi connectivity index (χ4v) is 1.08. The summed E-state index contributed by atoms with van der Waals surface area (Å²) < 4.78 is 13.6. The van der Waals surface area contributed by atoms with Crippen molar-refractivity contribution in [2.24, 2.45) is 4.99 Å². The predicted octanol–water partition coefficient (Wildman–Crippen LogP) is 2.47. The van der Waals surface area contributed by atoms with Gasteiger partial charge in [-0.2, -0.15) is 4.99 Å².